The van der Waals surface area contributed by atoms with Crippen molar-refractivity contribution in [2.75, 3.05) is 23.3 Å². The molecule has 0 aliphatic carbocycles. The van der Waals surface area contributed by atoms with Crippen LogP contribution in [0.5, 0.6) is 0 Å². The number of aromatic nitrogens is 3. The smallest absolute Gasteiger partial charge is 0.275 e. The fraction of sp³-hybridized carbons (Fsp3) is 0.333. The first kappa shape index (κ1) is 18.6. The molecule has 1 aliphatic heterocycles. The highest BCUT2D eigenvalue weighted by molar-refractivity contribution is 7.09. The quantitative estimate of drug-likeness (QED) is 0.711. The molecule has 28 heavy (non-hydrogen) atoms. The summed E-state index contributed by atoms with van der Waals surface area (Å²) >= 11 is 1.46. The fourth-order valence-corrected chi connectivity index (χ4v) is 3.87. The van der Waals surface area contributed by atoms with Crippen LogP contribution in [0.4, 0.5) is 11.5 Å². The van der Waals surface area contributed by atoms with Gasteiger partial charge in [0, 0.05) is 29.7 Å². The third-order valence-electron chi connectivity index (χ3n) is 5.05. The van der Waals surface area contributed by atoms with Crippen molar-refractivity contribution in [2.24, 2.45) is 5.92 Å². The van der Waals surface area contributed by atoms with E-state index < -0.39 is 0 Å². The predicted molar refractivity (Wildman–Crippen MR) is 113 cm³/mol. The third-order valence-corrected chi connectivity index (χ3v) is 5.82. The van der Waals surface area contributed by atoms with Crippen LogP contribution in [0.25, 0.3) is 11.3 Å². The number of amides is 1. The van der Waals surface area contributed by atoms with Crippen molar-refractivity contribution in [3.05, 3.63) is 52.5 Å². The Bertz CT molecular complexity index is 944. The molecular formula is C21H23N5OS. The van der Waals surface area contributed by atoms with E-state index in [-0.39, 0.29) is 5.91 Å². The average molecular weight is 394 g/mol. The summed E-state index contributed by atoms with van der Waals surface area (Å²) in [6.45, 7) is 6.27. The summed E-state index contributed by atoms with van der Waals surface area (Å²) in [5.41, 5.74) is 2.96. The molecule has 1 aromatic carbocycles. The van der Waals surface area contributed by atoms with Crippen LogP contribution in [0.1, 0.15) is 35.3 Å². The van der Waals surface area contributed by atoms with Gasteiger partial charge in [-0.15, -0.1) is 21.5 Å². The van der Waals surface area contributed by atoms with E-state index in [1.807, 2.05) is 43.3 Å². The Morgan fingerprint density at radius 3 is 2.46 bits per heavy atom. The Morgan fingerprint density at radius 2 is 1.86 bits per heavy atom. The second kappa shape index (κ2) is 8.06. The van der Waals surface area contributed by atoms with Gasteiger partial charge in [-0.2, -0.15) is 0 Å². The van der Waals surface area contributed by atoms with Gasteiger partial charge in [-0.05, 0) is 49.9 Å². The Morgan fingerprint density at radius 1 is 1.11 bits per heavy atom. The lowest BCUT2D eigenvalue weighted by molar-refractivity contribution is 0.102. The molecule has 2 aromatic heterocycles. The topological polar surface area (TPSA) is 71.0 Å². The Kier molecular flexibility index (Phi) is 5.34. The van der Waals surface area contributed by atoms with Crippen molar-refractivity contribution >= 4 is 28.7 Å². The maximum atomic E-state index is 12.2. The fourth-order valence-electron chi connectivity index (χ4n) is 3.27. The molecule has 0 saturated carbocycles. The SMILES string of the molecule is Cc1nc(C(=O)Nc2ccc(-c3ccc(N4CCC(C)CC4)nn3)cc2)cs1. The van der Waals surface area contributed by atoms with Gasteiger partial charge in [0.15, 0.2) is 5.82 Å². The highest BCUT2D eigenvalue weighted by Gasteiger charge is 2.17. The number of hydrogen-bond donors (Lipinski definition) is 1. The van der Waals surface area contributed by atoms with Crippen molar-refractivity contribution in [2.45, 2.75) is 26.7 Å². The molecule has 0 bridgehead atoms. The number of hydrogen-bond acceptors (Lipinski definition) is 6. The Hall–Kier alpha value is -2.80. The normalized spacial score (nSPS) is 14.9. The van der Waals surface area contributed by atoms with Crippen LogP contribution in [-0.2, 0) is 0 Å². The monoisotopic (exact) mass is 393 g/mol. The lowest BCUT2D eigenvalue weighted by Gasteiger charge is -2.30. The van der Waals surface area contributed by atoms with Crippen LogP contribution in [0.3, 0.4) is 0 Å². The molecule has 1 saturated heterocycles. The number of nitrogens with zero attached hydrogens (tertiary/aromatic N) is 4. The zero-order valence-corrected chi connectivity index (χ0v) is 16.9. The van der Waals surface area contributed by atoms with E-state index in [0.717, 1.165) is 46.8 Å². The lowest BCUT2D eigenvalue weighted by atomic mass is 9.99. The van der Waals surface area contributed by atoms with Gasteiger partial charge in [0.25, 0.3) is 5.91 Å². The summed E-state index contributed by atoms with van der Waals surface area (Å²) in [4.78, 5) is 18.7. The van der Waals surface area contributed by atoms with Gasteiger partial charge in [-0.25, -0.2) is 4.98 Å². The molecule has 3 aromatic rings. The van der Waals surface area contributed by atoms with Crippen LogP contribution in [0, 0.1) is 12.8 Å². The van der Waals surface area contributed by atoms with Crippen LogP contribution in [-0.4, -0.2) is 34.2 Å². The van der Waals surface area contributed by atoms with Crippen molar-refractivity contribution in [1.82, 2.24) is 15.2 Å². The summed E-state index contributed by atoms with van der Waals surface area (Å²) in [6, 6.07) is 11.7. The first-order valence-corrected chi connectivity index (χ1v) is 10.4. The minimum atomic E-state index is -0.197. The first-order chi connectivity index (χ1) is 13.6. The number of carbonyl (C=O) groups excluding carboxylic acids is 1. The molecule has 1 amide bonds. The van der Waals surface area contributed by atoms with Gasteiger partial charge in [0.1, 0.15) is 5.69 Å². The molecule has 0 spiro atoms. The summed E-state index contributed by atoms with van der Waals surface area (Å²) < 4.78 is 0. The van der Waals surface area contributed by atoms with Gasteiger partial charge in [-0.1, -0.05) is 19.1 Å². The molecule has 3 heterocycles. The third kappa shape index (κ3) is 4.20. The second-order valence-corrected chi connectivity index (χ2v) is 8.29. The van der Waals surface area contributed by atoms with E-state index in [1.54, 1.807) is 5.38 Å². The number of aryl methyl sites for hydroxylation is 1. The van der Waals surface area contributed by atoms with Crippen molar-refractivity contribution in [3.63, 3.8) is 0 Å². The van der Waals surface area contributed by atoms with E-state index in [9.17, 15) is 4.79 Å². The van der Waals surface area contributed by atoms with E-state index in [1.165, 1.54) is 24.2 Å². The van der Waals surface area contributed by atoms with Crippen molar-refractivity contribution in [3.8, 4) is 11.3 Å². The van der Waals surface area contributed by atoms with Crippen molar-refractivity contribution < 1.29 is 4.79 Å². The van der Waals surface area contributed by atoms with Gasteiger partial charge in [0.2, 0.25) is 0 Å². The van der Waals surface area contributed by atoms with Crippen LogP contribution in [0.15, 0.2) is 41.8 Å². The molecule has 7 heteroatoms. The molecule has 4 rings (SSSR count). The molecule has 1 aliphatic rings. The second-order valence-electron chi connectivity index (χ2n) is 7.23. The number of carbonyl (C=O) groups is 1. The van der Waals surface area contributed by atoms with Gasteiger partial charge in [0.05, 0.1) is 10.7 Å². The van der Waals surface area contributed by atoms with Gasteiger partial charge in [-0.3, -0.25) is 4.79 Å². The standard InChI is InChI=1S/C21H23N5OS/c1-14-9-11-26(12-10-14)20-8-7-18(24-25-20)16-3-5-17(6-4-16)23-21(27)19-13-28-15(2)22-19/h3-8,13-14H,9-12H2,1-2H3,(H,23,27). The van der Waals surface area contributed by atoms with E-state index >= 15 is 0 Å². The Balaban J connectivity index is 1.41. The molecule has 1 N–H and O–H groups in total. The summed E-state index contributed by atoms with van der Waals surface area (Å²) in [7, 11) is 0. The summed E-state index contributed by atoms with van der Waals surface area (Å²) in [5, 5.41) is 14.3. The van der Waals surface area contributed by atoms with Crippen LogP contribution in [0.2, 0.25) is 0 Å². The van der Waals surface area contributed by atoms with Gasteiger partial charge < -0.3 is 10.2 Å². The number of anilines is 2. The number of piperidine rings is 1. The largest absolute Gasteiger partial charge is 0.355 e. The predicted octanol–water partition coefficient (Wildman–Crippen LogP) is 4.40. The van der Waals surface area contributed by atoms with E-state index in [4.69, 9.17) is 0 Å². The zero-order chi connectivity index (χ0) is 19.5. The minimum Gasteiger partial charge on any atom is -0.355 e. The summed E-state index contributed by atoms with van der Waals surface area (Å²) in [5.74, 6) is 1.54. The molecule has 6 nitrogen and oxygen atoms in total. The highest BCUT2D eigenvalue weighted by Crippen LogP contribution is 2.24. The molecule has 144 valence electrons. The minimum absolute atomic E-state index is 0.197. The maximum Gasteiger partial charge on any atom is 0.275 e. The molecular weight excluding hydrogens is 370 g/mol. The van der Waals surface area contributed by atoms with Crippen molar-refractivity contribution in [1.29, 1.82) is 0 Å². The number of thiazole rings is 1. The molecule has 1 fully saturated rings. The lowest BCUT2D eigenvalue weighted by Crippen LogP contribution is -2.33. The molecule has 0 radical (unpaired) electrons. The van der Waals surface area contributed by atoms with E-state index in [0.29, 0.717) is 5.69 Å². The summed E-state index contributed by atoms with van der Waals surface area (Å²) in [6.07, 6.45) is 2.41. The van der Waals surface area contributed by atoms with Crippen LogP contribution < -0.4 is 10.2 Å². The van der Waals surface area contributed by atoms with Gasteiger partial charge >= 0.3 is 0 Å². The highest BCUT2D eigenvalue weighted by atomic mass is 32.1. The molecule has 0 atom stereocenters. The van der Waals surface area contributed by atoms with E-state index in [2.05, 4.69) is 32.3 Å². The first-order valence-electron chi connectivity index (χ1n) is 9.51. The molecule has 0 unspecified atom stereocenters. The maximum absolute atomic E-state index is 12.2. The zero-order valence-electron chi connectivity index (χ0n) is 16.1. The average Bonchev–Trinajstić information content (AvgIpc) is 3.16. The van der Waals surface area contributed by atoms with Crippen LogP contribution >= 0.6 is 11.3 Å². The Labute approximate surface area is 168 Å². The number of rotatable bonds is 4. The number of benzene rings is 1. The number of nitrogens with one attached hydrogen (secondary N) is 1.